The zero-order valence-corrected chi connectivity index (χ0v) is 8.69. The van der Waals surface area contributed by atoms with Crippen molar-refractivity contribution in [1.29, 1.82) is 0 Å². The summed E-state index contributed by atoms with van der Waals surface area (Å²) in [5.74, 6) is 0.767. The fraction of sp³-hybridized carbons (Fsp3) is 0.778. The molecule has 74 valence electrons. The first kappa shape index (κ1) is 10.4. The van der Waals surface area contributed by atoms with Gasteiger partial charge in [-0.1, -0.05) is 12.2 Å². The topological polar surface area (TPSA) is 55.1 Å². The van der Waals surface area contributed by atoms with Crippen molar-refractivity contribution < 1.29 is 4.79 Å². The first-order valence-corrected chi connectivity index (χ1v) is 5.06. The summed E-state index contributed by atoms with van der Waals surface area (Å²) >= 11 is 4.75. The molecule has 1 aliphatic carbocycles. The van der Waals surface area contributed by atoms with Crippen LogP contribution >= 0.6 is 12.2 Å². The average Bonchev–Trinajstić information content (AvgIpc) is 2.67. The van der Waals surface area contributed by atoms with Crippen LogP contribution in [0.4, 0.5) is 0 Å². The van der Waals surface area contributed by atoms with Crippen LogP contribution in [0.5, 0.6) is 0 Å². The van der Waals surface area contributed by atoms with Gasteiger partial charge in [-0.25, -0.2) is 0 Å². The molecule has 1 unspecified atom stereocenters. The molecule has 3 nitrogen and oxygen atoms in total. The van der Waals surface area contributed by atoms with Gasteiger partial charge in [0.2, 0.25) is 5.91 Å². The lowest BCUT2D eigenvalue weighted by Gasteiger charge is -2.12. The Bertz CT molecular complexity index is 214. The summed E-state index contributed by atoms with van der Waals surface area (Å²) in [4.78, 5) is 11.7. The van der Waals surface area contributed by atoms with E-state index in [1.807, 2.05) is 6.92 Å². The van der Waals surface area contributed by atoms with Crippen LogP contribution < -0.4 is 11.1 Å². The lowest BCUT2D eigenvalue weighted by atomic mass is 10.2. The third-order valence-corrected chi connectivity index (χ3v) is 2.25. The predicted molar refractivity (Wildman–Crippen MR) is 56.3 cm³/mol. The second kappa shape index (κ2) is 4.56. The predicted octanol–water partition coefficient (Wildman–Crippen LogP) is 0.967. The second-order valence-corrected chi connectivity index (χ2v) is 4.31. The van der Waals surface area contributed by atoms with E-state index in [-0.39, 0.29) is 11.9 Å². The van der Waals surface area contributed by atoms with Gasteiger partial charge in [-0.05, 0) is 25.7 Å². The minimum atomic E-state index is 0.0729. The van der Waals surface area contributed by atoms with Crippen molar-refractivity contribution >= 4 is 23.1 Å². The lowest BCUT2D eigenvalue weighted by molar-refractivity contribution is -0.121. The monoisotopic (exact) mass is 200 g/mol. The van der Waals surface area contributed by atoms with Crippen molar-refractivity contribution in [3.8, 4) is 0 Å². The van der Waals surface area contributed by atoms with Crippen molar-refractivity contribution in [2.45, 2.75) is 38.6 Å². The highest BCUT2D eigenvalue weighted by Gasteiger charge is 2.24. The molecule has 1 rings (SSSR count). The maximum absolute atomic E-state index is 11.3. The minimum absolute atomic E-state index is 0.0729. The van der Waals surface area contributed by atoms with Crippen molar-refractivity contribution in [2.75, 3.05) is 0 Å². The van der Waals surface area contributed by atoms with E-state index in [1.165, 1.54) is 12.8 Å². The SMILES string of the molecule is CC(CC(N)=S)NC(=O)CC1CC1. The number of hydrogen-bond donors (Lipinski definition) is 2. The molecule has 0 radical (unpaired) electrons. The highest BCUT2D eigenvalue weighted by molar-refractivity contribution is 7.80. The lowest BCUT2D eigenvalue weighted by Crippen LogP contribution is -2.35. The van der Waals surface area contributed by atoms with E-state index in [2.05, 4.69) is 5.32 Å². The average molecular weight is 200 g/mol. The van der Waals surface area contributed by atoms with E-state index >= 15 is 0 Å². The van der Waals surface area contributed by atoms with Gasteiger partial charge in [0.05, 0.1) is 4.99 Å². The van der Waals surface area contributed by atoms with Crippen molar-refractivity contribution in [2.24, 2.45) is 11.7 Å². The Hall–Kier alpha value is -0.640. The number of nitrogens with two attached hydrogens (primary N) is 1. The Morgan fingerprint density at radius 1 is 1.69 bits per heavy atom. The summed E-state index contributed by atoms with van der Waals surface area (Å²) in [6, 6.07) is 0.0729. The number of thiocarbonyl (C=S) groups is 1. The first-order chi connectivity index (χ1) is 6.08. The largest absolute Gasteiger partial charge is 0.393 e. The van der Waals surface area contributed by atoms with Gasteiger partial charge in [0, 0.05) is 18.9 Å². The van der Waals surface area contributed by atoms with Gasteiger partial charge in [0.25, 0.3) is 0 Å². The highest BCUT2D eigenvalue weighted by Crippen LogP contribution is 2.32. The summed E-state index contributed by atoms with van der Waals surface area (Å²) in [5, 5.41) is 2.88. The van der Waals surface area contributed by atoms with Crippen LogP contribution in [0, 0.1) is 5.92 Å². The van der Waals surface area contributed by atoms with Crippen LogP contribution in [0.25, 0.3) is 0 Å². The van der Waals surface area contributed by atoms with Crippen LogP contribution in [-0.2, 0) is 4.79 Å². The molecule has 1 saturated carbocycles. The van der Waals surface area contributed by atoms with Crippen LogP contribution in [0.2, 0.25) is 0 Å². The summed E-state index contributed by atoms with van der Waals surface area (Å²) < 4.78 is 0. The molecule has 1 aliphatic rings. The van der Waals surface area contributed by atoms with E-state index in [1.54, 1.807) is 0 Å². The number of nitrogens with one attached hydrogen (secondary N) is 1. The quantitative estimate of drug-likeness (QED) is 0.650. The molecule has 4 heteroatoms. The Labute approximate surface area is 84.1 Å². The number of carbonyl (C=O) groups is 1. The normalized spacial score (nSPS) is 17.9. The summed E-state index contributed by atoms with van der Waals surface area (Å²) in [6.45, 7) is 1.92. The van der Waals surface area contributed by atoms with Crippen molar-refractivity contribution in [1.82, 2.24) is 5.32 Å². The van der Waals surface area contributed by atoms with Gasteiger partial charge < -0.3 is 11.1 Å². The van der Waals surface area contributed by atoms with E-state index in [4.69, 9.17) is 18.0 Å². The number of rotatable bonds is 5. The molecule has 0 aromatic rings. The molecule has 1 amide bonds. The van der Waals surface area contributed by atoms with Crippen LogP contribution in [0.3, 0.4) is 0 Å². The zero-order chi connectivity index (χ0) is 9.84. The van der Waals surface area contributed by atoms with E-state index in [0.29, 0.717) is 23.7 Å². The van der Waals surface area contributed by atoms with Crippen LogP contribution in [0.1, 0.15) is 32.6 Å². The zero-order valence-electron chi connectivity index (χ0n) is 7.88. The van der Waals surface area contributed by atoms with Crippen LogP contribution in [0.15, 0.2) is 0 Å². The van der Waals surface area contributed by atoms with Gasteiger partial charge in [-0.3, -0.25) is 4.79 Å². The second-order valence-electron chi connectivity index (χ2n) is 3.79. The smallest absolute Gasteiger partial charge is 0.220 e. The molecule has 0 spiro atoms. The Morgan fingerprint density at radius 2 is 2.31 bits per heavy atom. The molecule has 0 aromatic heterocycles. The van der Waals surface area contributed by atoms with E-state index in [0.717, 1.165) is 0 Å². The molecule has 0 heterocycles. The molecular formula is C9H16N2OS. The van der Waals surface area contributed by atoms with E-state index < -0.39 is 0 Å². The standard InChI is InChI=1S/C9H16N2OS/c1-6(4-8(10)13)11-9(12)5-7-2-3-7/h6-7H,2-5H2,1H3,(H2,10,13)(H,11,12). The Morgan fingerprint density at radius 3 is 2.77 bits per heavy atom. The maximum atomic E-state index is 11.3. The molecule has 1 atom stereocenters. The molecule has 3 N–H and O–H groups in total. The maximum Gasteiger partial charge on any atom is 0.220 e. The number of hydrogen-bond acceptors (Lipinski definition) is 2. The first-order valence-electron chi connectivity index (χ1n) is 4.65. The van der Waals surface area contributed by atoms with Crippen LogP contribution in [-0.4, -0.2) is 16.9 Å². The molecule has 0 bridgehead atoms. The molecule has 0 aliphatic heterocycles. The third kappa shape index (κ3) is 4.83. The van der Waals surface area contributed by atoms with Crippen molar-refractivity contribution in [3.05, 3.63) is 0 Å². The molecule has 0 saturated heterocycles. The van der Waals surface area contributed by atoms with Crippen molar-refractivity contribution in [3.63, 3.8) is 0 Å². The van der Waals surface area contributed by atoms with Gasteiger partial charge in [-0.2, -0.15) is 0 Å². The highest BCUT2D eigenvalue weighted by atomic mass is 32.1. The summed E-state index contributed by atoms with van der Waals surface area (Å²) in [7, 11) is 0. The molecule has 13 heavy (non-hydrogen) atoms. The molecule has 1 fully saturated rings. The fourth-order valence-corrected chi connectivity index (χ4v) is 1.52. The molecule has 0 aromatic carbocycles. The van der Waals surface area contributed by atoms with E-state index in [9.17, 15) is 4.79 Å². The summed E-state index contributed by atoms with van der Waals surface area (Å²) in [5.41, 5.74) is 5.36. The van der Waals surface area contributed by atoms with Gasteiger partial charge in [-0.15, -0.1) is 0 Å². The molecular weight excluding hydrogens is 184 g/mol. The minimum Gasteiger partial charge on any atom is -0.393 e. The summed E-state index contributed by atoms with van der Waals surface area (Å²) in [6.07, 6.45) is 3.67. The van der Waals surface area contributed by atoms with Gasteiger partial charge in [0.1, 0.15) is 0 Å². The number of amides is 1. The fourth-order valence-electron chi connectivity index (χ4n) is 1.27. The Kier molecular flexibility index (Phi) is 3.66. The van der Waals surface area contributed by atoms with Gasteiger partial charge >= 0.3 is 0 Å². The van der Waals surface area contributed by atoms with Gasteiger partial charge in [0.15, 0.2) is 0 Å². The number of carbonyl (C=O) groups excluding carboxylic acids is 1. The third-order valence-electron chi connectivity index (χ3n) is 2.09. The Balaban J connectivity index is 2.13.